The number of nitrogens with zero attached hydrogens (tertiary/aromatic N) is 2. The van der Waals surface area contributed by atoms with E-state index in [4.69, 9.17) is 19.3 Å². The molecule has 1 N–H and O–H groups in total. The van der Waals surface area contributed by atoms with Crippen molar-refractivity contribution in [1.29, 1.82) is 0 Å². The molecule has 0 saturated carbocycles. The van der Waals surface area contributed by atoms with Crippen LogP contribution in [0.25, 0.3) is 0 Å². The third kappa shape index (κ3) is 2.71. The minimum Gasteiger partial charge on any atom is -0.477 e. The maximum absolute atomic E-state index is 10.8. The normalized spacial score (nSPS) is 10.8. The molecule has 0 radical (unpaired) electrons. The van der Waals surface area contributed by atoms with E-state index in [1.54, 1.807) is 7.05 Å². The van der Waals surface area contributed by atoms with E-state index in [1.165, 1.54) is 25.1 Å². The molecule has 16 heavy (non-hydrogen) atoms. The van der Waals surface area contributed by atoms with Crippen molar-refractivity contribution in [3.05, 3.63) is 11.8 Å². The van der Waals surface area contributed by atoms with E-state index in [2.05, 4.69) is 5.10 Å². The lowest BCUT2D eigenvalue weighted by molar-refractivity contribution is -0.122. The summed E-state index contributed by atoms with van der Waals surface area (Å²) in [6, 6.07) is 0. The van der Waals surface area contributed by atoms with Gasteiger partial charge in [-0.25, -0.2) is 9.48 Å². The highest BCUT2D eigenvalue weighted by molar-refractivity contribution is 5.89. The molecule has 1 rings (SSSR count). The molecule has 90 valence electrons. The summed E-state index contributed by atoms with van der Waals surface area (Å²) >= 11 is 0. The number of carboxylic acids is 1. The van der Waals surface area contributed by atoms with E-state index >= 15 is 0 Å². The Morgan fingerprint density at radius 1 is 1.56 bits per heavy atom. The van der Waals surface area contributed by atoms with E-state index in [9.17, 15) is 4.79 Å². The summed E-state index contributed by atoms with van der Waals surface area (Å²) in [5.41, 5.74) is 0.00783. The van der Waals surface area contributed by atoms with Crippen molar-refractivity contribution in [3.8, 4) is 5.88 Å². The fourth-order valence-corrected chi connectivity index (χ4v) is 1.12. The van der Waals surface area contributed by atoms with E-state index in [0.717, 1.165) is 0 Å². The van der Waals surface area contributed by atoms with Crippen LogP contribution in [0.3, 0.4) is 0 Å². The van der Waals surface area contributed by atoms with Gasteiger partial charge in [-0.3, -0.25) is 0 Å². The summed E-state index contributed by atoms with van der Waals surface area (Å²) in [4.78, 5) is 10.8. The van der Waals surface area contributed by atoms with Crippen LogP contribution in [-0.2, 0) is 16.5 Å². The molecule has 0 amide bonds. The summed E-state index contributed by atoms with van der Waals surface area (Å²) in [6.45, 7) is 0.0901. The molecule has 0 aliphatic heterocycles. The summed E-state index contributed by atoms with van der Waals surface area (Å²) in [7, 11) is 4.54. The monoisotopic (exact) mass is 230 g/mol. The van der Waals surface area contributed by atoms with Gasteiger partial charge in [-0.1, -0.05) is 0 Å². The zero-order valence-corrected chi connectivity index (χ0v) is 9.34. The number of methoxy groups -OCH3 is 2. The molecule has 1 aromatic heterocycles. The van der Waals surface area contributed by atoms with E-state index in [1.807, 2.05) is 0 Å². The number of hydrogen-bond acceptors (Lipinski definition) is 5. The van der Waals surface area contributed by atoms with Crippen LogP contribution >= 0.6 is 0 Å². The van der Waals surface area contributed by atoms with Gasteiger partial charge in [0, 0.05) is 21.3 Å². The maximum Gasteiger partial charge on any atom is 0.342 e. The molecule has 0 spiro atoms. The molecule has 0 aliphatic rings. The Morgan fingerprint density at radius 2 is 2.19 bits per heavy atom. The Kier molecular flexibility index (Phi) is 4.27. The van der Waals surface area contributed by atoms with E-state index < -0.39 is 12.3 Å². The topological polar surface area (TPSA) is 82.8 Å². The minimum atomic E-state index is -1.09. The van der Waals surface area contributed by atoms with Crippen molar-refractivity contribution in [2.75, 3.05) is 20.8 Å². The first-order valence-corrected chi connectivity index (χ1v) is 4.53. The SMILES string of the molecule is COC(COc1c(C(=O)O)cnn1C)OC. The van der Waals surface area contributed by atoms with E-state index in [-0.39, 0.29) is 18.1 Å². The van der Waals surface area contributed by atoms with Crippen molar-refractivity contribution in [2.45, 2.75) is 6.29 Å². The van der Waals surface area contributed by atoms with Crippen LogP contribution in [0.4, 0.5) is 0 Å². The van der Waals surface area contributed by atoms with Gasteiger partial charge in [0.15, 0.2) is 6.29 Å². The third-order valence-corrected chi connectivity index (χ3v) is 2.00. The average molecular weight is 230 g/mol. The number of carboxylic acid groups (broad SMARTS) is 1. The van der Waals surface area contributed by atoms with Crippen LogP contribution in [-0.4, -0.2) is 48.0 Å². The third-order valence-electron chi connectivity index (χ3n) is 2.00. The molecule has 0 saturated heterocycles. The molecular weight excluding hydrogens is 216 g/mol. The van der Waals surface area contributed by atoms with Crippen molar-refractivity contribution in [2.24, 2.45) is 7.05 Å². The summed E-state index contributed by atoms with van der Waals surface area (Å²) in [6.07, 6.45) is 0.684. The fourth-order valence-electron chi connectivity index (χ4n) is 1.12. The smallest absolute Gasteiger partial charge is 0.342 e. The standard InChI is InChI=1S/C9H14N2O5/c1-11-8(6(4-10-11)9(12)13)16-5-7(14-2)15-3/h4,7H,5H2,1-3H3,(H,12,13). The average Bonchev–Trinajstić information content (AvgIpc) is 2.62. The van der Waals surface area contributed by atoms with Gasteiger partial charge in [-0.2, -0.15) is 5.10 Å². The number of ether oxygens (including phenoxy) is 3. The van der Waals surface area contributed by atoms with Gasteiger partial charge in [0.2, 0.25) is 5.88 Å². The van der Waals surface area contributed by atoms with Crippen LogP contribution in [0.2, 0.25) is 0 Å². The Balaban J connectivity index is 2.72. The lowest BCUT2D eigenvalue weighted by Gasteiger charge is -2.14. The maximum atomic E-state index is 10.8. The van der Waals surface area contributed by atoms with Crippen molar-refractivity contribution < 1.29 is 24.1 Å². The molecule has 0 bridgehead atoms. The van der Waals surface area contributed by atoms with Crippen LogP contribution in [0.15, 0.2) is 6.20 Å². The second-order valence-electron chi connectivity index (χ2n) is 3.00. The largest absolute Gasteiger partial charge is 0.477 e. The quantitative estimate of drug-likeness (QED) is 0.699. The lowest BCUT2D eigenvalue weighted by atomic mass is 10.3. The molecule has 0 aliphatic carbocycles. The Labute approximate surface area is 92.5 Å². The summed E-state index contributed by atoms with van der Waals surface area (Å²) in [5, 5.41) is 12.7. The van der Waals surface area contributed by atoms with Crippen molar-refractivity contribution >= 4 is 5.97 Å². The van der Waals surface area contributed by atoms with Crippen molar-refractivity contribution in [1.82, 2.24) is 9.78 Å². The first-order valence-electron chi connectivity index (χ1n) is 4.53. The highest BCUT2D eigenvalue weighted by atomic mass is 16.7. The number of carbonyl (C=O) groups is 1. The van der Waals surface area contributed by atoms with Gasteiger partial charge in [0.25, 0.3) is 0 Å². The molecule has 0 fully saturated rings. The molecule has 0 aromatic carbocycles. The predicted octanol–water partition coefficient (Wildman–Crippen LogP) is 0.116. The Hall–Kier alpha value is -1.60. The number of aromatic nitrogens is 2. The molecule has 1 aromatic rings. The molecule has 0 unspecified atom stereocenters. The second kappa shape index (κ2) is 5.47. The van der Waals surface area contributed by atoms with Gasteiger partial charge in [0.1, 0.15) is 12.2 Å². The highest BCUT2D eigenvalue weighted by Crippen LogP contribution is 2.17. The van der Waals surface area contributed by atoms with Crippen LogP contribution < -0.4 is 4.74 Å². The number of rotatable bonds is 6. The van der Waals surface area contributed by atoms with Gasteiger partial charge >= 0.3 is 5.97 Å². The van der Waals surface area contributed by atoms with Gasteiger partial charge in [-0.05, 0) is 0 Å². The first-order chi connectivity index (χ1) is 7.60. The second-order valence-corrected chi connectivity index (χ2v) is 3.00. The zero-order chi connectivity index (χ0) is 12.1. The minimum absolute atomic E-state index is 0.00783. The van der Waals surface area contributed by atoms with Gasteiger partial charge < -0.3 is 19.3 Å². The van der Waals surface area contributed by atoms with E-state index in [0.29, 0.717) is 0 Å². The van der Waals surface area contributed by atoms with Crippen LogP contribution in [0.1, 0.15) is 10.4 Å². The Morgan fingerprint density at radius 3 is 2.69 bits per heavy atom. The predicted molar refractivity (Wildman–Crippen MR) is 53.5 cm³/mol. The fraction of sp³-hybridized carbons (Fsp3) is 0.556. The molecular formula is C9H14N2O5. The number of hydrogen-bond donors (Lipinski definition) is 1. The summed E-state index contributed by atoms with van der Waals surface area (Å²) in [5.74, 6) is -0.916. The molecule has 7 nitrogen and oxygen atoms in total. The summed E-state index contributed by atoms with van der Waals surface area (Å²) < 4.78 is 16.4. The zero-order valence-electron chi connectivity index (χ0n) is 9.34. The molecule has 7 heteroatoms. The Bertz CT molecular complexity index is 359. The first kappa shape index (κ1) is 12.5. The van der Waals surface area contributed by atoms with Gasteiger partial charge in [-0.15, -0.1) is 0 Å². The lowest BCUT2D eigenvalue weighted by Crippen LogP contribution is -2.23. The molecule has 1 heterocycles. The molecule has 0 atom stereocenters. The van der Waals surface area contributed by atoms with Crippen molar-refractivity contribution in [3.63, 3.8) is 0 Å². The number of aryl methyl sites for hydroxylation is 1. The van der Waals surface area contributed by atoms with Crippen LogP contribution in [0, 0.1) is 0 Å². The van der Waals surface area contributed by atoms with Gasteiger partial charge in [0.05, 0.1) is 6.20 Å². The number of aromatic carboxylic acids is 1. The van der Waals surface area contributed by atoms with Crippen LogP contribution in [0.5, 0.6) is 5.88 Å². The highest BCUT2D eigenvalue weighted by Gasteiger charge is 2.18.